The van der Waals surface area contributed by atoms with Crippen LogP contribution in [0.2, 0.25) is 5.02 Å². The molecule has 3 rings (SSSR count). The van der Waals surface area contributed by atoms with Crippen LogP contribution in [0.5, 0.6) is 0 Å². The molecule has 1 heterocycles. The highest BCUT2D eigenvalue weighted by Crippen LogP contribution is 2.39. The van der Waals surface area contributed by atoms with Gasteiger partial charge in [0, 0.05) is 36.3 Å². The van der Waals surface area contributed by atoms with Crippen molar-refractivity contribution in [1.82, 2.24) is 4.57 Å². The van der Waals surface area contributed by atoms with Gasteiger partial charge in [0.25, 0.3) is 0 Å². The fraction of sp³-hybridized carbons (Fsp3) is 0.348. The smallest absolute Gasteiger partial charge is 0.306 e. The van der Waals surface area contributed by atoms with Gasteiger partial charge >= 0.3 is 5.97 Å². The number of fused-ring (bicyclic) bond motifs is 1. The van der Waals surface area contributed by atoms with Crippen LogP contribution >= 0.6 is 11.6 Å². The highest BCUT2D eigenvalue weighted by atomic mass is 35.5. The Balaban J connectivity index is 2.30. The highest BCUT2D eigenvalue weighted by molar-refractivity contribution is 6.31. The first-order chi connectivity index (χ1) is 14.0. The molecule has 0 radical (unpaired) electrons. The average Bonchev–Trinajstić information content (AvgIpc) is 3.02. The molecule has 0 atom stereocenters. The van der Waals surface area contributed by atoms with E-state index in [1.54, 1.807) is 13.0 Å². The van der Waals surface area contributed by atoms with Gasteiger partial charge < -0.3 is 14.2 Å². The molecular weight excluding hydrogens is 391 g/mol. The van der Waals surface area contributed by atoms with E-state index in [1.165, 1.54) is 6.07 Å². The van der Waals surface area contributed by atoms with E-state index in [9.17, 15) is 9.18 Å². The monoisotopic (exact) mass is 416 g/mol. The molecule has 4 nitrogen and oxygen atoms in total. The van der Waals surface area contributed by atoms with Crippen LogP contribution in [0.1, 0.15) is 32.9 Å². The third kappa shape index (κ3) is 4.25. The zero-order valence-corrected chi connectivity index (χ0v) is 17.8. The van der Waals surface area contributed by atoms with Crippen LogP contribution in [0, 0.1) is 5.82 Å². The Morgan fingerprint density at radius 2 is 1.83 bits per heavy atom. The van der Waals surface area contributed by atoms with Gasteiger partial charge in [-0.2, -0.15) is 0 Å². The average molecular weight is 417 g/mol. The Bertz CT molecular complexity index is 997. The number of halogens is 2. The molecule has 0 spiro atoms. The predicted octanol–water partition coefficient (Wildman–Crippen LogP) is 5.76. The summed E-state index contributed by atoms with van der Waals surface area (Å²) in [7, 11) is 0. The molecule has 0 saturated heterocycles. The summed E-state index contributed by atoms with van der Waals surface area (Å²) in [6.07, 6.45) is 0.731. The minimum absolute atomic E-state index is 0.0789. The second kappa shape index (κ2) is 9.31. The maximum absolute atomic E-state index is 14.4. The lowest BCUT2D eigenvalue weighted by molar-refractivity contribution is -0.143. The molecule has 0 N–H and O–H groups in total. The number of hydrogen-bond donors (Lipinski definition) is 0. The molecule has 154 valence electrons. The summed E-state index contributed by atoms with van der Waals surface area (Å²) in [5, 5.41) is 0.869. The van der Waals surface area contributed by atoms with Crippen LogP contribution in [0.15, 0.2) is 42.5 Å². The fourth-order valence-electron chi connectivity index (χ4n) is 3.77. The largest absolute Gasteiger partial charge is 0.466 e. The second-order valence-electron chi connectivity index (χ2n) is 6.73. The van der Waals surface area contributed by atoms with E-state index in [1.807, 2.05) is 30.3 Å². The number of para-hydroxylation sites is 1. The molecule has 0 bridgehead atoms. The van der Waals surface area contributed by atoms with E-state index in [0.717, 1.165) is 41.1 Å². The van der Waals surface area contributed by atoms with E-state index < -0.39 is 5.82 Å². The first-order valence-corrected chi connectivity index (χ1v) is 10.4. The van der Waals surface area contributed by atoms with Crippen molar-refractivity contribution >= 4 is 34.2 Å². The number of rotatable bonds is 8. The summed E-state index contributed by atoms with van der Waals surface area (Å²) >= 11 is 6.15. The molecule has 2 aromatic carbocycles. The van der Waals surface area contributed by atoms with E-state index in [4.69, 9.17) is 16.3 Å². The molecular formula is C23H26ClFN2O2. The molecule has 0 saturated carbocycles. The van der Waals surface area contributed by atoms with E-state index in [2.05, 4.69) is 23.3 Å². The third-order valence-electron chi connectivity index (χ3n) is 5.04. The number of nitrogens with zero attached hydrogens (tertiary/aromatic N) is 2. The van der Waals surface area contributed by atoms with Crippen LogP contribution in [-0.2, 0) is 16.0 Å². The van der Waals surface area contributed by atoms with Gasteiger partial charge in [-0.05, 0) is 45.0 Å². The number of hydrogen-bond acceptors (Lipinski definition) is 3. The van der Waals surface area contributed by atoms with Gasteiger partial charge in [0.2, 0.25) is 0 Å². The number of anilines is 1. The second-order valence-corrected chi connectivity index (χ2v) is 7.13. The third-order valence-corrected chi connectivity index (χ3v) is 5.33. The van der Waals surface area contributed by atoms with Crippen LogP contribution in [0.3, 0.4) is 0 Å². The van der Waals surface area contributed by atoms with E-state index in [-0.39, 0.29) is 17.4 Å². The maximum Gasteiger partial charge on any atom is 0.306 e. The van der Waals surface area contributed by atoms with Crippen molar-refractivity contribution in [2.45, 2.75) is 33.6 Å². The molecule has 0 aliphatic heterocycles. The number of esters is 1. The minimum Gasteiger partial charge on any atom is -0.466 e. The molecule has 0 unspecified atom stereocenters. The van der Waals surface area contributed by atoms with Crippen LogP contribution < -0.4 is 4.90 Å². The van der Waals surface area contributed by atoms with Gasteiger partial charge in [-0.3, -0.25) is 4.79 Å². The number of carbonyl (C=O) groups excluding carboxylic acids is 1. The summed E-state index contributed by atoms with van der Waals surface area (Å²) in [6, 6.07) is 13.0. The van der Waals surface area contributed by atoms with Crippen molar-refractivity contribution in [2.24, 2.45) is 0 Å². The van der Waals surface area contributed by atoms with Gasteiger partial charge in [-0.25, -0.2) is 4.39 Å². The minimum atomic E-state index is -0.449. The van der Waals surface area contributed by atoms with Crippen molar-refractivity contribution < 1.29 is 13.9 Å². The zero-order valence-electron chi connectivity index (χ0n) is 17.0. The quantitative estimate of drug-likeness (QED) is 0.437. The van der Waals surface area contributed by atoms with Crippen LogP contribution in [-0.4, -0.2) is 30.2 Å². The molecule has 0 aliphatic rings. The maximum atomic E-state index is 14.4. The Morgan fingerprint density at radius 3 is 2.45 bits per heavy atom. The predicted molar refractivity (Wildman–Crippen MR) is 117 cm³/mol. The standard InChI is InChI=1S/C23H26ClFN2O2/c1-4-26(5-2)23-17-14-19(25)18(24)15-21(17)27(16-10-8-7-9-11-16)20(23)12-13-22(28)29-6-3/h7-11,14-15H,4-6,12-13H2,1-3H3. The summed E-state index contributed by atoms with van der Waals surface area (Å²) in [4.78, 5) is 14.3. The SMILES string of the molecule is CCOC(=O)CCc1c(N(CC)CC)c2cc(F)c(Cl)cc2n1-c1ccccc1. The number of ether oxygens (including phenoxy) is 1. The molecule has 0 fully saturated rings. The topological polar surface area (TPSA) is 34.5 Å². The molecule has 6 heteroatoms. The lowest BCUT2D eigenvalue weighted by atomic mass is 10.1. The van der Waals surface area contributed by atoms with Gasteiger partial charge in [-0.1, -0.05) is 29.8 Å². The highest BCUT2D eigenvalue weighted by Gasteiger charge is 2.23. The summed E-state index contributed by atoms with van der Waals surface area (Å²) in [6.45, 7) is 7.81. The van der Waals surface area contributed by atoms with E-state index >= 15 is 0 Å². The lowest BCUT2D eigenvalue weighted by Gasteiger charge is -2.23. The molecule has 0 aliphatic carbocycles. The summed E-state index contributed by atoms with van der Waals surface area (Å²) in [5.41, 5.74) is 3.65. The normalized spacial score (nSPS) is 11.1. The van der Waals surface area contributed by atoms with Crippen LogP contribution in [0.25, 0.3) is 16.6 Å². The number of carbonyl (C=O) groups is 1. The Morgan fingerprint density at radius 1 is 1.14 bits per heavy atom. The molecule has 0 amide bonds. The molecule has 3 aromatic rings. The van der Waals surface area contributed by atoms with Gasteiger partial charge in [0.15, 0.2) is 0 Å². The first kappa shape index (κ1) is 21.2. The van der Waals surface area contributed by atoms with Crippen molar-refractivity contribution in [3.05, 3.63) is 59.0 Å². The summed E-state index contributed by atoms with van der Waals surface area (Å²) < 4.78 is 21.6. The number of aromatic nitrogens is 1. The van der Waals surface area contributed by atoms with Gasteiger partial charge in [0.1, 0.15) is 5.82 Å². The van der Waals surface area contributed by atoms with Gasteiger partial charge in [0.05, 0.1) is 29.3 Å². The molecule has 29 heavy (non-hydrogen) atoms. The summed E-state index contributed by atoms with van der Waals surface area (Å²) in [5.74, 6) is -0.693. The van der Waals surface area contributed by atoms with Crippen molar-refractivity contribution in [3.63, 3.8) is 0 Å². The Labute approximate surface area is 175 Å². The van der Waals surface area contributed by atoms with Crippen molar-refractivity contribution in [2.75, 3.05) is 24.6 Å². The Kier molecular flexibility index (Phi) is 6.80. The van der Waals surface area contributed by atoms with Crippen LogP contribution in [0.4, 0.5) is 10.1 Å². The van der Waals surface area contributed by atoms with E-state index in [0.29, 0.717) is 13.0 Å². The fourth-order valence-corrected chi connectivity index (χ4v) is 3.92. The van der Waals surface area contributed by atoms with Crippen molar-refractivity contribution in [1.29, 1.82) is 0 Å². The lowest BCUT2D eigenvalue weighted by Crippen LogP contribution is -2.23. The number of benzene rings is 2. The first-order valence-electron chi connectivity index (χ1n) is 10.00. The zero-order chi connectivity index (χ0) is 21.0. The van der Waals surface area contributed by atoms with Gasteiger partial charge in [-0.15, -0.1) is 0 Å². The Hall–Kier alpha value is -2.53. The van der Waals surface area contributed by atoms with Crippen molar-refractivity contribution in [3.8, 4) is 5.69 Å². The molecule has 1 aromatic heterocycles.